The molecule has 0 saturated carbocycles. The zero-order chi connectivity index (χ0) is 16.0. The summed E-state index contributed by atoms with van der Waals surface area (Å²) in [5.74, 6) is -0.587. The summed E-state index contributed by atoms with van der Waals surface area (Å²) >= 11 is 0. The number of urea groups is 1. The summed E-state index contributed by atoms with van der Waals surface area (Å²) in [5.41, 5.74) is 6.32. The van der Waals surface area contributed by atoms with E-state index in [-0.39, 0.29) is 17.1 Å². The lowest BCUT2D eigenvalue weighted by atomic mass is 10.1. The SMILES string of the molecule is CCNC(=O)NC(=O)C(C)Oc1ccc(N)cc1C(C)=O. The highest BCUT2D eigenvalue weighted by molar-refractivity contribution is 5.98. The lowest BCUT2D eigenvalue weighted by molar-refractivity contribution is -0.126. The fourth-order valence-electron chi connectivity index (χ4n) is 1.59. The fraction of sp³-hybridized carbons (Fsp3) is 0.357. The van der Waals surface area contributed by atoms with Crippen LogP contribution in [-0.2, 0) is 4.79 Å². The molecule has 1 aromatic carbocycles. The van der Waals surface area contributed by atoms with E-state index in [1.165, 1.54) is 26.0 Å². The van der Waals surface area contributed by atoms with Gasteiger partial charge in [-0.05, 0) is 39.0 Å². The van der Waals surface area contributed by atoms with Crippen LogP contribution in [-0.4, -0.2) is 30.4 Å². The largest absolute Gasteiger partial charge is 0.480 e. The number of ether oxygens (including phenoxy) is 1. The number of Topliss-reactive ketones (excluding diaryl/α,β-unsaturated/α-hetero) is 1. The molecular formula is C14H19N3O4. The summed E-state index contributed by atoms with van der Waals surface area (Å²) in [4.78, 5) is 34.6. The van der Waals surface area contributed by atoms with E-state index in [1.807, 2.05) is 0 Å². The summed E-state index contributed by atoms with van der Waals surface area (Å²) in [6.45, 7) is 4.99. The second kappa shape index (κ2) is 7.28. The van der Waals surface area contributed by atoms with Crippen molar-refractivity contribution in [2.24, 2.45) is 0 Å². The van der Waals surface area contributed by atoms with Gasteiger partial charge in [-0.2, -0.15) is 0 Å². The number of hydrogen-bond donors (Lipinski definition) is 3. The number of carbonyl (C=O) groups is 3. The third-order valence-corrected chi connectivity index (χ3v) is 2.63. The highest BCUT2D eigenvalue weighted by Gasteiger charge is 2.19. The van der Waals surface area contributed by atoms with Gasteiger partial charge in [0.2, 0.25) is 0 Å². The van der Waals surface area contributed by atoms with Crippen molar-refractivity contribution in [1.82, 2.24) is 10.6 Å². The Hall–Kier alpha value is -2.57. The minimum absolute atomic E-state index is 0.228. The number of hydrogen-bond acceptors (Lipinski definition) is 5. The van der Waals surface area contributed by atoms with Gasteiger partial charge in [-0.15, -0.1) is 0 Å². The predicted molar refractivity (Wildman–Crippen MR) is 78.2 cm³/mol. The molecule has 0 aromatic heterocycles. The third kappa shape index (κ3) is 4.79. The molecule has 1 atom stereocenters. The molecule has 0 aliphatic rings. The van der Waals surface area contributed by atoms with Crippen LogP contribution in [0.3, 0.4) is 0 Å². The summed E-state index contributed by atoms with van der Waals surface area (Å²) in [6.07, 6.45) is -0.936. The van der Waals surface area contributed by atoms with Crippen LogP contribution in [0.25, 0.3) is 0 Å². The van der Waals surface area contributed by atoms with Gasteiger partial charge in [0.05, 0.1) is 5.56 Å². The van der Waals surface area contributed by atoms with Crippen molar-refractivity contribution in [2.75, 3.05) is 12.3 Å². The van der Waals surface area contributed by atoms with Crippen LogP contribution in [0.1, 0.15) is 31.1 Å². The molecule has 0 bridgehead atoms. The average molecular weight is 293 g/mol. The maximum absolute atomic E-state index is 11.8. The Morgan fingerprint density at radius 2 is 2.00 bits per heavy atom. The Bertz CT molecular complexity index is 557. The Morgan fingerprint density at radius 1 is 1.33 bits per heavy atom. The van der Waals surface area contributed by atoms with Gasteiger partial charge in [0.1, 0.15) is 5.75 Å². The molecular weight excluding hydrogens is 274 g/mol. The standard InChI is InChI=1S/C14H19N3O4/c1-4-16-14(20)17-13(19)9(3)21-12-6-5-10(15)7-11(12)8(2)18/h5-7,9H,4,15H2,1-3H3,(H2,16,17,19,20). The van der Waals surface area contributed by atoms with E-state index in [0.717, 1.165) is 0 Å². The quantitative estimate of drug-likeness (QED) is 0.556. The molecule has 0 fully saturated rings. The third-order valence-electron chi connectivity index (χ3n) is 2.63. The van der Waals surface area contributed by atoms with E-state index in [2.05, 4.69) is 10.6 Å². The number of benzene rings is 1. The summed E-state index contributed by atoms with van der Waals surface area (Å²) in [6, 6.07) is 3.96. The second-order valence-electron chi connectivity index (χ2n) is 4.42. The van der Waals surface area contributed by atoms with Gasteiger partial charge < -0.3 is 15.8 Å². The van der Waals surface area contributed by atoms with Crippen LogP contribution in [0.5, 0.6) is 5.75 Å². The van der Waals surface area contributed by atoms with Crippen molar-refractivity contribution < 1.29 is 19.1 Å². The van der Waals surface area contributed by atoms with E-state index in [9.17, 15) is 14.4 Å². The Balaban J connectivity index is 2.79. The van der Waals surface area contributed by atoms with Gasteiger partial charge in [0.25, 0.3) is 5.91 Å². The highest BCUT2D eigenvalue weighted by Crippen LogP contribution is 2.23. The molecule has 21 heavy (non-hydrogen) atoms. The first-order chi connectivity index (χ1) is 9.85. The number of carbonyl (C=O) groups excluding carboxylic acids is 3. The van der Waals surface area contributed by atoms with Crippen molar-refractivity contribution >= 4 is 23.4 Å². The fourth-order valence-corrected chi connectivity index (χ4v) is 1.59. The van der Waals surface area contributed by atoms with Gasteiger partial charge in [-0.3, -0.25) is 14.9 Å². The normalized spacial score (nSPS) is 11.4. The first-order valence-corrected chi connectivity index (χ1v) is 6.51. The van der Waals surface area contributed by atoms with E-state index < -0.39 is 18.0 Å². The van der Waals surface area contributed by atoms with Gasteiger partial charge in [-0.1, -0.05) is 0 Å². The molecule has 0 radical (unpaired) electrons. The van der Waals surface area contributed by atoms with Crippen LogP contribution in [0, 0.1) is 0 Å². The molecule has 0 aliphatic carbocycles. The second-order valence-corrected chi connectivity index (χ2v) is 4.42. The number of anilines is 1. The summed E-state index contributed by atoms with van der Waals surface area (Å²) in [5, 5.41) is 4.57. The zero-order valence-corrected chi connectivity index (χ0v) is 12.2. The number of ketones is 1. The van der Waals surface area contributed by atoms with Crippen LogP contribution in [0.2, 0.25) is 0 Å². The Kier molecular flexibility index (Phi) is 5.71. The Morgan fingerprint density at radius 3 is 2.57 bits per heavy atom. The minimum atomic E-state index is -0.936. The number of nitrogens with one attached hydrogen (secondary N) is 2. The smallest absolute Gasteiger partial charge is 0.321 e. The van der Waals surface area contributed by atoms with Gasteiger partial charge in [0, 0.05) is 12.2 Å². The molecule has 7 nitrogen and oxygen atoms in total. The van der Waals surface area contributed by atoms with Gasteiger partial charge in [0.15, 0.2) is 11.9 Å². The van der Waals surface area contributed by atoms with Gasteiger partial charge >= 0.3 is 6.03 Å². The first kappa shape index (κ1) is 16.5. The molecule has 4 N–H and O–H groups in total. The molecule has 114 valence electrons. The number of nitrogens with two attached hydrogens (primary N) is 1. The monoisotopic (exact) mass is 293 g/mol. The van der Waals surface area contributed by atoms with E-state index >= 15 is 0 Å². The average Bonchev–Trinajstić information content (AvgIpc) is 2.40. The predicted octanol–water partition coefficient (Wildman–Crippen LogP) is 1.08. The van der Waals surface area contributed by atoms with Crippen LogP contribution < -0.4 is 21.1 Å². The molecule has 1 unspecified atom stereocenters. The lowest BCUT2D eigenvalue weighted by Gasteiger charge is -2.16. The van der Waals surface area contributed by atoms with Crippen molar-refractivity contribution in [2.45, 2.75) is 26.9 Å². The van der Waals surface area contributed by atoms with E-state index in [1.54, 1.807) is 13.0 Å². The molecule has 0 aliphatic heterocycles. The maximum Gasteiger partial charge on any atom is 0.321 e. The van der Waals surface area contributed by atoms with Gasteiger partial charge in [-0.25, -0.2) is 4.79 Å². The van der Waals surface area contributed by atoms with Crippen LogP contribution in [0.4, 0.5) is 10.5 Å². The van der Waals surface area contributed by atoms with Crippen LogP contribution >= 0.6 is 0 Å². The molecule has 0 spiro atoms. The van der Waals surface area contributed by atoms with Crippen molar-refractivity contribution in [3.8, 4) is 5.75 Å². The topological polar surface area (TPSA) is 111 Å². The van der Waals surface area contributed by atoms with E-state index in [4.69, 9.17) is 10.5 Å². The van der Waals surface area contributed by atoms with Crippen LogP contribution in [0.15, 0.2) is 18.2 Å². The lowest BCUT2D eigenvalue weighted by Crippen LogP contribution is -2.45. The molecule has 1 rings (SSSR count). The van der Waals surface area contributed by atoms with Crippen molar-refractivity contribution in [3.63, 3.8) is 0 Å². The number of amides is 3. The molecule has 1 aromatic rings. The van der Waals surface area contributed by atoms with Crippen molar-refractivity contribution in [3.05, 3.63) is 23.8 Å². The molecule has 0 saturated heterocycles. The highest BCUT2D eigenvalue weighted by atomic mass is 16.5. The van der Waals surface area contributed by atoms with Crippen molar-refractivity contribution in [1.29, 1.82) is 0 Å². The van der Waals surface area contributed by atoms with E-state index in [0.29, 0.717) is 12.2 Å². The minimum Gasteiger partial charge on any atom is -0.480 e. The summed E-state index contributed by atoms with van der Waals surface area (Å²) < 4.78 is 5.43. The Labute approximate surface area is 122 Å². The number of imide groups is 1. The molecule has 3 amide bonds. The molecule has 7 heteroatoms. The summed E-state index contributed by atoms with van der Waals surface area (Å²) in [7, 11) is 0. The molecule has 0 heterocycles. The number of nitrogen functional groups attached to an aromatic ring is 1. The number of rotatable bonds is 5. The maximum atomic E-state index is 11.8. The zero-order valence-electron chi connectivity index (χ0n) is 12.2. The first-order valence-electron chi connectivity index (χ1n) is 6.51.